The topological polar surface area (TPSA) is 98.5 Å². The van der Waals surface area contributed by atoms with E-state index in [2.05, 4.69) is 20.1 Å². The van der Waals surface area contributed by atoms with Gasteiger partial charge in [0, 0.05) is 43.1 Å². The molecule has 1 aromatic carbocycles. The summed E-state index contributed by atoms with van der Waals surface area (Å²) in [7, 11) is 2.97. The lowest BCUT2D eigenvalue weighted by Gasteiger charge is -2.06. The number of aromatic nitrogens is 3. The maximum atomic E-state index is 12.4. The number of halogens is 2. The summed E-state index contributed by atoms with van der Waals surface area (Å²) in [4.78, 5) is 15.3. The number of benzene rings is 1. The van der Waals surface area contributed by atoms with Crippen LogP contribution >= 0.6 is 0 Å². The number of aliphatic hydroxyl groups excluding tert-OH is 1. The van der Waals surface area contributed by atoms with Crippen molar-refractivity contribution in [3.05, 3.63) is 42.1 Å². The molecule has 1 fully saturated rings. The van der Waals surface area contributed by atoms with Crippen molar-refractivity contribution in [1.82, 2.24) is 20.1 Å². The third kappa shape index (κ3) is 8.65. The average molecular weight is 495 g/mol. The monoisotopic (exact) mass is 494 g/mol. The minimum absolute atomic E-state index is 0.0467. The van der Waals surface area contributed by atoms with Crippen LogP contribution in [0, 0.1) is 0 Å². The van der Waals surface area contributed by atoms with Gasteiger partial charge in [-0.1, -0.05) is 26.0 Å². The summed E-state index contributed by atoms with van der Waals surface area (Å²) in [5.74, 6) is 0.0549. The van der Waals surface area contributed by atoms with Gasteiger partial charge in [0.1, 0.15) is 17.0 Å². The molecule has 1 aliphatic rings. The number of fused-ring (bicyclic) bond motifs is 1. The molecule has 3 heterocycles. The Labute approximate surface area is 205 Å². The minimum Gasteiger partial charge on any atom is -0.435 e. The van der Waals surface area contributed by atoms with E-state index in [9.17, 15) is 13.6 Å². The molecule has 8 nitrogen and oxygen atoms in total. The molecule has 1 saturated heterocycles. The van der Waals surface area contributed by atoms with E-state index in [0.717, 1.165) is 26.6 Å². The Hall–Kier alpha value is -2.95. The molecule has 0 bridgehead atoms. The van der Waals surface area contributed by atoms with Crippen molar-refractivity contribution >= 4 is 17.3 Å². The van der Waals surface area contributed by atoms with E-state index < -0.39 is 6.61 Å². The normalized spacial score (nSPS) is 14.4. The van der Waals surface area contributed by atoms with Crippen molar-refractivity contribution in [3.8, 4) is 17.0 Å². The van der Waals surface area contributed by atoms with E-state index in [4.69, 9.17) is 9.84 Å². The molecule has 194 valence electrons. The van der Waals surface area contributed by atoms with Crippen LogP contribution in [0.2, 0.25) is 0 Å². The number of nitrogens with one attached hydrogen (secondary N) is 1. The number of rotatable bonds is 6. The summed E-state index contributed by atoms with van der Waals surface area (Å²) in [6.07, 6.45) is 3.36. The van der Waals surface area contributed by atoms with Crippen LogP contribution in [0.4, 0.5) is 8.78 Å². The van der Waals surface area contributed by atoms with Crippen molar-refractivity contribution in [2.75, 3.05) is 27.4 Å². The van der Waals surface area contributed by atoms with Crippen LogP contribution in [0.25, 0.3) is 22.3 Å². The average Bonchev–Trinajstić information content (AvgIpc) is 3.54. The number of carbonyl (C=O) groups excluding carboxylic acids is 1. The number of hydrogen-bond acceptors (Lipinski definition) is 7. The molecule has 3 aromatic rings. The summed E-state index contributed by atoms with van der Waals surface area (Å²) in [6.45, 7) is 6.86. The quantitative estimate of drug-likeness (QED) is 0.478. The van der Waals surface area contributed by atoms with Gasteiger partial charge in [0.25, 0.3) is 0 Å². The fourth-order valence-corrected chi connectivity index (χ4v) is 3.27. The summed E-state index contributed by atoms with van der Waals surface area (Å²) in [5, 5.41) is 14.7. The number of aldehydes is 1. The molecule has 0 saturated carbocycles. The number of pyridine rings is 1. The lowest BCUT2D eigenvalue weighted by molar-refractivity contribution is -0.0498. The first kappa shape index (κ1) is 30.1. The summed E-state index contributed by atoms with van der Waals surface area (Å²) < 4.78 is 36.1. The van der Waals surface area contributed by atoms with Gasteiger partial charge in [-0.05, 0) is 45.5 Å². The molecule has 35 heavy (non-hydrogen) atoms. The zero-order valence-electron chi connectivity index (χ0n) is 21.2. The van der Waals surface area contributed by atoms with Crippen LogP contribution in [-0.4, -0.2) is 66.2 Å². The van der Waals surface area contributed by atoms with Gasteiger partial charge < -0.3 is 19.9 Å². The number of nitrogens with zero attached hydrogens (tertiary/aromatic N) is 3. The Morgan fingerprint density at radius 3 is 2.49 bits per heavy atom. The predicted octanol–water partition coefficient (Wildman–Crippen LogP) is 4.72. The second-order valence-corrected chi connectivity index (χ2v) is 7.40. The van der Waals surface area contributed by atoms with E-state index >= 15 is 0 Å². The van der Waals surface area contributed by atoms with Gasteiger partial charge in [0.2, 0.25) is 0 Å². The van der Waals surface area contributed by atoms with Gasteiger partial charge in [-0.3, -0.25) is 14.5 Å². The van der Waals surface area contributed by atoms with Gasteiger partial charge in [-0.15, -0.1) is 0 Å². The maximum Gasteiger partial charge on any atom is 0.387 e. The highest BCUT2D eigenvalue weighted by Crippen LogP contribution is 2.31. The molecule has 2 N–H and O–H groups in total. The lowest BCUT2D eigenvalue weighted by atomic mass is 10.1. The second kappa shape index (κ2) is 15.9. The third-order valence-corrected chi connectivity index (χ3v) is 4.86. The first-order valence-corrected chi connectivity index (χ1v) is 11.5. The van der Waals surface area contributed by atoms with Crippen molar-refractivity contribution in [1.29, 1.82) is 0 Å². The first-order chi connectivity index (χ1) is 16.9. The molecule has 0 aliphatic carbocycles. The van der Waals surface area contributed by atoms with E-state index in [-0.39, 0.29) is 11.8 Å². The highest BCUT2D eigenvalue weighted by atomic mass is 19.3. The Morgan fingerprint density at radius 2 is 1.97 bits per heavy atom. The molecule has 0 spiro atoms. The molecule has 0 radical (unpaired) electrons. The lowest BCUT2D eigenvalue weighted by Crippen LogP contribution is -2.24. The van der Waals surface area contributed by atoms with Crippen molar-refractivity contribution in [2.45, 2.75) is 52.8 Å². The van der Waals surface area contributed by atoms with Gasteiger partial charge in [0.05, 0.1) is 12.1 Å². The smallest absolute Gasteiger partial charge is 0.387 e. The number of hydrogen-bond donors (Lipinski definition) is 2. The van der Waals surface area contributed by atoms with Crippen LogP contribution in [0.1, 0.15) is 50.5 Å². The van der Waals surface area contributed by atoms with Crippen LogP contribution < -0.4 is 10.1 Å². The van der Waals surface area contributed by atoms with Crippen LogP contribution in [-0.2, 0) is 4.74 Å². The number of alkyl halides is 2. The number of aliphatic hydroxyl groups is 1. The number of carbonyl (C=O) groups is 1. The number of ether oxygens (including phenoxy) is 2. The van der Waals surface area contributed by atoms with Gasteiger partial charge in [-0.25, -0.2) is 0 Å². The molecular weight excluding hydrogens is 458 g/mol. The second-order valence-electron chi connectivity index (χ2n) is 7.40. The molecule has 0 amide bonds. The summed E-state index contributed by atoms with van der Waals surface area (Å²) in [5.41, 5.74) is 2.93. The fraction of sp³-hybridized carbons (Fsp3) is 0.480. The Morgan fingerprint density at radius 1 is 1.26 bits per heavy atom. The molecule has 10 heteroatoms. The minimum atomic E-state index is -2.89. The third-order valence-electron chi connectivity index (χ3n) is 4.86. The zero-order valence-corrected chi connectivity index (χ0v) is 21.2. The predicted molar refractivity (Wildman–Crippen MR) is 133 cm³/mol. The van der Waals surface area contributed by atoms with Gasteiger partial charge in [-0.2, -0.15) is 13.9 Å². The summed E-state index contributed by atoms with van der Waals surface area (Å²) >= 11 is 0. The van der Waals surface area contributed by atoms with Gasteiger partial charge >= 0.3 is 6.61 Å². The Bertz CT molecular complexity index is 1020. The van der Waals surface area contributed by atoms with Gasteiger partial charge in [0.15, 0.2) is 6.29 Å². The highest BCUT2D eigenvalue weighted by molar-refractivity contribution is 5.93. The van der Waals surface area contributed by atoms with E-state index in [1.165, 1.54) is 24.8 Å². The van der Waals surface area contributed by atoms with Crippen LogP contribution in [0.5, 0.6) is 5.75 Å². The Balaban J connectivity index is 0.000000468. The number of likely N-dealkylation sites (N-methyl/N-ethyl adjacent to an activating group) is 1. The van der Waals surface area contributed by atoms with E-state index in [0.29, 0.717) is 33.9 Å². The molecule has 1 atom stereocenters. The van der Waals surface area contributed by atoms with Crippen LogP contribution in [0.15, 0.2) is 36.5 Å². The maximum absolute atomic E-state index is 12.4. The van der Waals surface area contributed by atoms with E-state index in [1.54, 1.807) is 22.9 Å². The molecule has 4 rings (SSSR count). The zero-order chi connectivity index (χ0) is 26.4. The molecule has 1 unspecified atom stereocenters. The van der Waals surface area contributed by atoms with E-state index in [1.807, 2.05) is 34.7 Å². The van der Waals surface area contributed by atoms with Crippen LogP contribution in [0.3, 0.4) is 0 Å². The largest absolute Gasteiger partial charge is 0.435 e. The standard InChI is InChI=1S/C17H15F2N3O2.C5H11NO.C2H6.CH4O/c1-10(2)22-14-6-11(9-23)8-20-16(14)15(21-22)12-4-3-5-13(7-12)24-17(18)19;1-6-5-2-3-7-4-5;2*1-2/h3-10,17H,1-2H3;5-6H,2-4H2,1H3;1-2H3;2H,1H3. The molecule has 1 aliphatic heterocycles. The Kier molecular flexibility index (Phi) is 13.6. The van der Waals surface area contributed by atoms with Crippen molar-refractivity contribution in [2.24, 2.45) is 0 Å². The SMILES string of the molecule is CC.CC(C)n1nc(-c2cccc(OC(F)F)c2)c2ncc(C=O)cc21.CNC1CCOC1.CO. The molecular formula is C25H36F2N4O4. The summed E-state index contributed by atoms with van der Waals surface area (Å²) in [6, 6.07) is 8.70. The first-order valence-electron chi connectivity index (χ1n) is 11.5. The van der Waals surface area contributed by atoms with Crippen molar-refractivity contribution < 1.29 is 28.2 Å². The highest BCUT2D eigenvalue weighted by Gasteiger charge is 2.17. The fourth-order valence-electron chi connectivity index (χ4n) is 3.27. The van der Waals surface area contributed by atoms with Crippen molar-refractivity contribution in [3.63, 3.8) is 0 Å². The molecule has 2 aromatic heterocycles.